The molecule has 2 amide bonds. The lowest BCUT2D eigenvalue weighted by molar-refractivity contribution is -0.151. The number of piperazine rings is 1. The van der Waals surface area contributed by atoms with Crippen molar-refractivity contribution in [2.75, 3.05) is 33.2 Å². The topological polar surface area (TPSA) is 52.7 Å². The molecule has 20 heavy (non-hydrogen) atoms. The monoisotopic (exact) mass is 275 g/mol. The number of hydrogen-bond donors (Lipinski definition) is 1. The Morgan fingerprint density at radius 2 is 1.80 bits per heavy atom. The van der Waals surface area contributed by atoms with Gasteiger partial charge in [-0.05, 0) is 12.5 Å². The molecule has 0 spiro atoms. The molecule has 0 atom stereocenters. The van der Waals surface area contributed by atoms with E-state index in [2.05, 4.69) is 5.32 Å². The number of hydrogen-bond acceptors (Lipinski definition) is 3. The van der Waals surface area contributed by atoms with E-state index < -0.39 is 11.8 Å². The zero-order valence-electron chi connectivity index (χ0n) is 12.1. The van der Waals surface area contributed by atoms with Gasteiger partial charge in [-0.1, -0.05) is 29.8 Å². The van der Waals surface area contributed by atoms with Gasteiger partial charge in [0.1, 0.15) is 0 Å². The van der Waals surface area contributed by atoms with Crippen LogP contribution in [0.15, 0.2) is 24.3 Å². The standard InChI is InChI=1S/C15H21N3O2/c1-12-3-5-13(6-4-12)11-17(2)14(19)15(20)18-9-7-16-8-10-18/h3-6,16H,7-11H2,1-2H3. The van der Waals surface area contributed by atoms with Crippen LogP contribution in [0.4, 0.5) is 0 Å². The third kappa shape index (κ3) is 3.57. The van der Waals surface area contributed by atoms with Crippen LogP contribution in [-0.2, 0) is 16.1 Å². The number of carbonyl (C=O) groups is 2. The highest BCUT2D eigenvalue weighted by atomic mass is 16.2. The zero-order chi connectivity index (χ0) is 14.5. The molecule has 0 bridgehead atoms. The Labute approximate surface area is 119 Å². The summed E-state index contributed by atoms with van der Waals surface area (Å²) in [4.78, 5) is 27.3. The van der Waals surface area contributed by atoms with Gasteiger partial charge in [-0.25, -0.2) is 0 Å². The van der Waals surface area contributed by atoms with Gasteiger partial charge in [-0.2, -0.15) is 0 Å². The fourth-order valence-corrected chi connectivity index (χ4v) is 2.21. The van der Waals surface area contributed by atoms with E-state index in [1.54, 1.807) is 11.9 Å². The maximum Gasteiger partial charge on any atom is 0.312 e. The van der Waals surface area contributed by atoms with Gasteiger partial charge in [-0.15, -0.1) is 0 Å². The summed E-state index contributed by atoms with van der Waals surface area (Å²) in [6.07, 6.45) is 0. The summed E-state index contributed by atoms with van der Waals surface area (Å²) in [5.41, 5.74) is 2.21. The van der Waals surface area contributed by atoms with Crippen LogP contribution in [-0.4, -0.2) is 54.8 Å². The molecular formula is C15H21N3O2. The first kappa shape index (κ1) is 14.5. The average Bonchev–Trinajstić information content (AvgIpc) is 2.49. The van der Waals surface area contributed by atoms with Gasteiger partial charge >= 0.3 is 11.8 Å². The molecule has 0 saturated carbocycles. The van der Waals surface area contributed by atoms with Crippen molar-refractivity contribution in [2.24, 2.45) is 0 Å². The first-order valence-electron chi connectivity index (χ1n) is 6.88. The third-order valence-electron chi connectivity index (χ3n) is 3.47. The van der Waals surface area contributed by atoms with Crippen molar-refractivity contribution in [3.05, 3.63) is 35.4 Å². The Balaban J connectivity index is 1.93. The minimum atomic E-state index is -0.438. The van der Waals surface area contributed by atoms with Gasteiger partial charge in [0, 0.05) is 39.8 Å². The molecule has 5 nitrogen and oxygen atoms in total. The molecule has 1 aromatic carbocycles. The van der Waals surface area contributed by atoms with E-state index in [0.29, 0.717) is 19.6 Å². The first-order valence-corrected chi connectivity index (χ1v) is 6.88. The van der Waals surface area contributed by atoms with Crippen LogP contribution in [0.2, 0.25) is 0 Å². The first-order chi connectivity index (χ1) is 9.58. The smallest absolute Gasteiger partial charge is 0.312 e. The van der Waals surface area contributed by atoms with Crippen molar-refractivity contribution in [3.63, 3.8) is 0 Å². The number of likely N-dealkylation sites (N-methyl/N-ethyl adjacent to an activating group) is 1. The molecule has 1 aromatic rings. The second-order valence-electron chi connectivity index (χ2n) is 5.19. The van der Waals surface area contributed by atoms with Crippen LogP contribution >= 0.6 is 0 Å². The van der Waals surface area contributed by atoms with Crippen molar-refractivity contribution in [1.82, 2.24) is 15.1 Å². The summed E-state index contributed by atoms with van der Waals surface area (Å²) in [6, 6.07) is 7.97. The number of amides is 2. The molecule has 108 valence electrons. The predicted octanol–water partition coefficient (Wildman–Crippen LogP) is 0.385. The van der Waals surface area contributed by atoms with Crippen LogP contribution in [0.5, 0.6) is 0 Å². The van der Waals surface area contributed by atoms with Crippen LogP contribution in [0.25, 0.3) is 0 Å². The van der Waals surface area contributed by atoms with E-state index >= 15 is 0 Å². The Hall–Kier alpha value is -1.88. The minimum Gasteiger partial charge on any atom is -0.333 e. The quantitative estimate of drug-likeness (QED) is 0.794. The Morgan fingerprint density at radius 1 is 1.20 bits per heavy atom. The summed E-state index contributed by atoms with van der Waals surface area (Å²) in [5.74, 6) is -0.839. The zero-order valence-corrected chi connectivity index (χ0v) is 12.1. The summed E-state index contributed by atoms with van der Waals surface area (Å²) < 4.78 is 0. The molecule has 0 aliphatic carbocycles. The summed E-state index contributed by atoms with van der Waals surface area (Å²) in [7, 11) is 1.67. The SMILES string of the molecule is Cc1ccc(CN(C)C(=O)C(=O)N2CCNCC2)cc1. The maximum absolute atomic E-state index is 12.1. The maximum atomic E-state index is 12.1. The molecule has 0 unspecified atom stereocenters. The molecule has 0 aromatic heterocycles. The lowest BCUT2D eigenvalue weighted by Crippen LogP contribution is -2.51. The normalized spacial score (nSPS) is 15.0. The van der Waals surface area contributed by atoms with Crippen molar-refractivity contribution in [2.45, 2.75) is 13.5 Å². The molecule has 2 rings (SSSR count). The molecule has 5 heteroatoms. The number of nitrogens with one attached hydrogen (secondary N) is 1. The number of rotatable bonds is 2. The highest BCUT2D eigenvalue weighted by Gasteiger charge is 2.25. The molecular weight excluding hydrogens is 254 g/mol. The molecule has 0 radical (unpaired) electrons. The van der Waals surface area contributed by atoms with Crippen molar-refractivity contribution >= 4 is 11.8 Å². The Morgan fingerprint density at radius 3 is 2.40 bits per heavy atom. The number of benzene rings is 1. The lowest BCUT2D eigenvalue weighted by atomic mass is 10.1. The van der Waals surface area contributed by atoms with E-state index in [0.717, 1.165) is 18.7 Å². The van der Waals surface area contributed by atoms with Crippen molar-refractivity contribution < 1.29 is 9.59 Å². The number of nitrogens with zero attached hydrogens (tertiary/aromatic N) is 2. The lowest BCUT2D eigenvalue weighted by Gasteiger charge is -2.28. The van der Waals surface area contributed by atoms with E-state index in [4.69, 9.17) is 0 Å². The van der Waals surface area contributed by atoms with E-state index in [1.165, 1.54) is 10.5 Å². The third-order valence-corrected chi connectivity index (χ3v) is 3.47. The average molecular weight is 275 g/mol. The van der Waals surface area contributed by atoms with Gasteiger partial charge in [-0.3, -0.25) is 9.59 Å². The van der Waals surface area contributed by atoms with Crippen LogP contribution < -0.4 is 5.32 Å². The fraction of sp³-hybridized carbons (Fsp3) is 0.467. The van der Waals surface area contributed by atoms with Gasteiger partial charge in [0.2, 0.25) is 0 Å². The van der Waals surface area contributed by atoms with Crippen LogP contribution in [0, 0.1) is 6.92 Å². The van der Waals surface area contributed by atoms with Crippen molar-refractivity contribution in [3.8, 4) is 0 Å². The van der Waals surface area contributed by atoms with Gasteiger partial charge in [0.15, 0.2) is 0 Å². The Bertz CT molecular complexity index is 478. The minimum absolute atomic E-state index is 0.402. The molecule has 1 aliphatic rings. The molecule has 1 saturated heterocycles. The van der Waals surface area contributed by atoms with Crippen molar-refractivity contribution in [1.29, 1.82) is 0 Å². The largest absolute Gasteiger partial charge is 0.333 e. The molecule has 1 heterocycles. The van der Waals surface area contributed by atoms with E-state index in [1.807, 2.05) is 31.2 Å². The molecule has 1 fully saturated rings. The van der Waals surface area contributed by atoms with Gasteiger partial charge < -0.3 is 15.1 Å². The summed E-state index contributed by atoms with van der Waals surface area (Å²) in [6.45, 7) is 5.18. The van der Waals surface area contributed by atoms with Gasteiger partial charge in [0.25, 0.3) is 0 Å². The second-order valence-corrected chi connectivity index (χ2v) is 5.19. The number of aryl methyl sites for hydroxylation is 1. The second kappa shape index (κ2) is 6.52. The van der Waals surface area contributed by atoms with Crippen LogP contribution in [0.1, 0.15) is 11.1 Å². The Kier molecular flexibility index (Phi) is 4.74. The fourth-order valence-electron chi connectivity index (χ4n) is 2.21. The summed E-state index contributed by atoms with van der Waals surface area (Å²) >= 11 is 0. The summed E-state index contributed by atoms with van der Waals surface area (Å²) in [5, 5.41) is 3.16. The highest BCUT2D eigenvalue weighted by Crippen LogP contribution is 2.07. The predicted molar refractivity (Wildman–Crippen MR) is 77.1 cm³/mol. The van der Waals surface area contributed by atoms with E-state index in [9.17, 15) is 9.59 Å². The van der Waals surface area contributed by atoms with Gasteiger partial charge in [0.05, 0.1) is 0 Å². The van der Waals surface area contributed by atoms with Crippen LogP contribution in [0.3, 0.4) is 0 Å². The number of carbonyl (C=O) groups excluding carboxylic acids is 2. The molecule has 1 aliphatic heterocycles. The molecule has 1 N–H and O–H groups in total. The van der Waals surface area contributed by atoms with E-state index in [-0.39, 0.29) is 0 Å². The highest BCUT2D eigenvalue weighted by molar-refractivity contribution is 6.34.